The largest absolute Gasteiger partial charge is 0.492 e. The molecule has 5 nitrogen and oxygen atoms in total. The van der Waals surface area contributed by atoms with Crippen molar-refractivity contribution in [2.75, 3.05) is 13.7 Å². The minimum Gasteiger partial charge on any atom is -0.492 e. The third-order valence-electron chi connectivity index (χ3n) is 3.99. The number of hydrogen-bond donors (Lipinski definition) is 1. The normalized spacial score (nSPS) is 15.6. The van der Waals surface area contributed by atoms with E-state index in [1.165, 1.54) is 0 Å². The lowest BCUT2D eigenvalue weighted by molar-refractivity contribution is -0.132. The van der Waals surface area contributed by atoms with Crippen molar-refractivity contribution < 1.29 is 19.4 Å². The number of amides is 1. The van der Waals surface area contributed by atoms with Crippen LogP contribution in [0.4, 0.5) is 0 Å². The summed E-state index contributed by atoms with van der Waals surface area (Å²) < 4.78 is 5.56. The third-order valence-corrected chi connectivity index (χ3v) is 3.99. The van der Waals surface area contributed by atoms with E-state index < -0.39 is 5.97 Å². The number of fused-ring (bicyclic) bond motifs is 1. The molecule has 1 heterocycles. The number of aromatic carboxylic acids is 1. The lowest BCUT2D eigenvalue weighted by Gasteiger charge is -2.20. The van der Waals surface area contributed by atoms with E-state index in [0.717, 1.165) is 16.9 Å². The number of likely N-dealkylation sites (N-methyl/N-ethyl adjacent to an activating group) is 1. The smallest absolute Gasteiger partial charge is 0.335 e. The number of carboxylic acid groups (broad SMARTS) is 1. The Labute approximate surface area is 134 Å². The Morgan fingerprint density at radius 3 is 2.57 bits per heavy atom. The molecule has 2 aromatic carbocycles. The minimum atomic E-state index is -0.958. The van der Waals surface area contributed by atoms with Gasteiger partial charge in [0.15, 0.2) is 0 Å². The highest BCUT2D eigenvalue weighted by Crippen LogP contribution is 2.34. The number of nitrogens with zero attached hydrogens (tertiary/aromatic N) is 1. The molecule has 0 fully saturated rings. The Morgan fingerprint density at radius 2 is 1.87 bits per heavy atom. The summed E-state index contributed by atoms with van der Waals surface area (Å²) in [7, 11) is 1.74. The molecule has 2 aromatic rings. The van der Waals surface area contributed by atoms with Crippen molar-refractivity contribution in [1.29, 1.82) is 0 Å². The number of carbonyl (C=O) groups excluding carboxylic acids is 1. The maximum absolute atomic E-state index is 12.6. The SMILES string of the molecule is CN(Cc1ccc(C(=O)O)cc1)C(=O)[C@@H]1COc2ccccc21. The number of carboxylic acids is 1. The number of benzene rings is 2. The van der Waals surface area contributed by atoms with Gasteiger partial charge in [0, 0.05) is 19.2 Å². The van der Waals surface area contributed by atoms with Gasteiger partial charge < -0.3 is 14.7 Å². The lowest BCUT2D eigenvalue weighted by atomic mass is 10.00. The van der Waals surface area contributed by atoms with Gasteiger partial charge in [-0.3, -0.25) is 4.79 Å². The quantitative estimate of drug-likeness (QED) is 0.942. The van der Waals surface area contributed by atoms with Crippen LogP contribution in [0, 0.1) is 0 Å². The van der Waals surface area contributed by atoms with E-state index in [-0.39, 0.29) is 17.4 Å². The zero-order chi connectivity index (χ0) is 16.4. The summed E-state index contributed by atoms with van der Waals surface area (Å²) >= 11 is 0. The van der Waals surface area contributed by atoms with Crippen LogP contribution < -0.4 is 4.74 Å². The number of para-hydroxylation sites is 1. The molecule has 23 heavy (non-hydrogen) atoms. The standard InChI is InChI=1S/C18H17NO4/c1-19(10-12-6-8-13(9-7-12)18(21)22)17(20)15-11-23-16-5-3-2-4-14(15)16/h2-9,15H,10-11H2,1H3,(H,21,22)/t15-/m1/s1. The molecular weight excluding hydrogens is 294 g/mol. The average Bonchev–Trinajstić information content (AvgIpc) is 2.98. The minimum absolute atomic E-state index is 0.00254. The Hall–Kier alpha value is -2.82. The van der Waals surface area contributed by atoms with Gasteiger partial charge in [-0.1, -0.05) is 30.3 Å². The van der Waals surface area contributed by atoms with Crippen molar-refractivity contribution in [2.24, 2.45) is 0 Å². The van der Waals surface area contributed by atoms with E-state index in [1.54, 1.807) is 36.2 Å². The van der Waals surface area contributed by atoms with Crippen LogP contribution in [0.25, 0.3) is 0 Å². The predicted molar refractivity (Wildman–Crippen MR) is 84.6 cm³/mol. The molecule has 0 saturated heterocycles. The highest BCUT2D eigenvalue weighted by atomic mass is 16.5. The second-order valence-corrected chi connectivity index (χ2v) is 5.60. The van der Waals surface area contributed by atoms with Gasteiger partial charge in [0.1, 0.15) is 18.3 Å². The van der Waals surface area contributed by atoms with Crippen LogP contribution in [0.1, 0.15) is 27.4 Å². The summed E-state index contributed by atoms with van der Waals surface area (Å²) in [5.74, 6) is -0.475. The highest BCUT2D eigenvalue weighted by molar-refractivity contribution is 5.87. The summed E-state index contributed by atoms with van der Waals surface area (Å²) in [6, 6.07) is 14.1. The number of hydrogen-bond acceptors (Lipinski definition) is 3. The van der Waals surface area contributed by atoms with Crippen molar-refractivity contribution in [1.82, 2.24) is 4.90 Å². The Kier molecular flexibility index (Phi) is 4.02. The first-order valence-electron chi connectivity index (χ1n) is 7.35. The van der Waals surface area contributed by atoms with Crippen LogP contribution in [0.5, 0.6) is 5.75 Å². The van der Waals surface area contributed by atoms with Crippen molar-refractivity contribution in [3.8, 4) is 5.75 Å². The molecule has 5 heteroatoms. The number of carbonyl (C=O) groups is 2. The van der Waals surface area contributed by atoms with Gasteiger partial charge >= 0.3 is 5.97 Å². The van der Waals surface area contributed by atoms with Gasteiger partial charge in [-0.25, -0.2) is 4.79 Å². The Balaban J connectivity index is 1.70. The molecule has 1 amide bonds. The molecule has 0 bridgehead atoms. The Bertz CT molecular complexity index is 739. The summed E-state index contributed by atoms with van der Waals surface area (Å²) in [5.41, 5.74) is 2.05. The molecule has 1 atom stereocenters. The molecule has 0 aliphatic carbocycles. The first-order chi connectivity index (χ1) is 11.1. The van der Waals surface area contributed by atoms with E-state index in [2.05, 4.69) is 0 Å². The first kappa shape index (κ1) is 15.1. The van der Waals surface area contributed by atoms with Crippen LogP contribution in [0.2, 0.25) is 0 Å². The van der Waals surface area contributed by atoms with Crippen molar-refractivity contribution >= 4 is 11.9 Å². The van der Waals surface area contributed by atoms with E-state index in [4.69, 9.17) is 9.84 Å². The van der Waals surface area contributed by atoms with Crippen molar-refractivity contribution in [3.05, 3.63) is 65.2 Å². The molecule has 0 saturated carbocycles. The van der Waals surface area contributed by atoms with Crippen LogP contribution in [0.15, 0.2) is 48.5 Å². The molecule has 3 rings (SSSR count). The molecule has 0 unspecified atom stereocenters. The number of rotatable bonds is 4. The zero-order valence-electron chi connectivity index (χ0n) is 12.7. The van der Waals surface area contributed by atoms with E-state index >= 15 is 0 Å². The van der Waals surface area contributed by atoms with Crippen molar-refractivity contribution in [2.45, 2.75) is 12.5 Å². The average molecular weight is 311 g/mol. The fourth-order valence-corrected chi connectivity index (χ4v) is 2.74. The van der Waals surface area contributed by atoms with Gasteiger partial charge in [0.2, 0.25) is 5.91 Å². The van der Waals surface area contributed by atoms with Gasteiger partial charge in [0.25, 0.3) is 0 Å². The highest BCUT2D eigenvalue weighted by Gasteiger charge is 2.31. The Morgan fingerprint density at radius 1 is 1.17 bits per heavy atom. The second-order valence-electron chi connectivity index (χ2n) is 5.60. The van der Waals surface area contributed by atoms with E-state index in [1.807, 2.05) is 24.3 Å². The van der Waals surface area contributed by atoms with Gasteiger partial charge in [-0.05, 0) is 23.8 Å². The summed E-state index contributed by atoms with van der Waals surface area (Å²) in [6.45, 7) is 0.790. The number of ether oxygens (including phenoxy) is 1. The summed E-state index contributed by atoms with van der Waals surface area (Å²) in [4.78, 5) is 25.1. The second kappa shape index (κ2) is 6.12. The molecule has 0 spiro atoms. The fourth-order valence-electron chi connectivity index (χ4n) is 2.74. The van der Waals surface area contributed by atoms with Gasteiger partial charge in [0.05, 0.1) is 5.56 Å². The van der Waals surface area contributed by atoms with Crippen LogP contribution in [-0.4, -0.2) is 35.5 Å². The van der Waals surface area contributed by atoms with Gasteiger partial charge in [-0.15, -0.1) is 0 Å². The van der Waals surface area contributed by atoms with E-state index in [9.17, 15) is 9.59 Å². The first-order valence-corrected chi connectivity index (χ1v) is 7.35. The van der Waals surface area contributed by atoms with Crippen LogP contribution >= 0.6 is 0 Å². The molecule has 1 N–H and O–H groups in total. The van der Waals surface area contributed by atoms with Crippen molar-refractivity contribution in [3.63, 3.8) is 0 Å². The predicted octanol–water partition coefficient (Wildman–Crippen LogP) is 2.52. The zero-order valence-corrected chi connectivity index (χ0v) is 12.7. The molecule has 1 aliphatic rings. The topological polar surface area (TPSA) is 66.8 Å². The fraction of sp³-hybridized carbons (Fsp3) is 0.222. The monoisotopic (exact) mass is 311 g/mol. The van der Waals surface area contributed by atoms with Crippen LogP contribution in [0.3, 0.4) is 0 Å². The van der Waals surface area contributed by atoms with Gasteiger partial charge in [-0.2, -0.15) is 0 Å². The molecule has 118 valence electrons. The molecule has 0 aromatic heterocycles. The van der Waals surface area contributed by atoms with E-state index in [0.29, 0.717) is 13.2 Å². The third kappa shape index (κ3) is 3.04. The molecular formula is C18H17NO4. The molecule has 0 radical (unpaired) electrons. The lowest BCUT2D eigenvalue weighted by Crippen LogP contribution is -2.32. The summed E-state index contributed by atoms with van der Waals surface area (Å²) in [5, 5.41) is 8.90. The van der Waals surface area contributed by atoms with Crippen LogP contribution in [-0.2, 0) is 11.3 Å². The maximum Gasteiger partial charge on any atom is 0.335 e. The maximum atomic E-state index is 12.6. The summed E-state index contributed by atoms with van der Waals surface area (Å²) in [6.07, 6.45) is 0. The molecule has 1 aliphatic heterocycles.